The zero-order valence-electron chi connectivity index (χ0n) is 11.6. The van der Waals surface area contributed by atoms with E-state index in [9.17, 15) is 0 Å². The van der Waals surface area contributed by atoms with Gasteiger partial charge in [-0.2, -0.15) is 0 Å². The number of nitrogens with one attached hydrogen (secondary N) is 1. The van der Waals surface area contributed by atoms with Gasteiger partial charge in [-0.1, -0.05) is 27.7 Å². The Morgan fingerprint density at radius 3 is 2.00 bits per heavy atom. The van der Waals surface area contributed by atoms with Gasteiger partial charge in [0, 0.05) is 11.6 Å². The maximum Gasteiger partial charge on any atom is 0.0440 e. The van der Waals surface area contributed by atoms with Gasteiger partial charge >= 0.3 is 0 Å². The van der Waals surface area contributed by atoms with E-state index in [1.54, 1.807) is 0 Å². The van der Waals surface area contributed by atoms with E-state index in [2.05, 4.69) is 44.9 Å². The number of hydrazine groups is 1. The minimum absolute atomic E-state index is 0.170. The fraction of sp³-hybridized carbons (Fsp3) is 1.00. The minimum Gasteiger partial charge on any atom is -0.296 e. The van der Waals surface area contributed by atoms with E-state index < -0.39 is 0 Å². The molecule has 1 rings (SSSR count). The molecule has 2 unspecified atom stereocenters. The molecule has 96 valence electrons. The first-order chi connectivity index (χ1) is 7.36. The molecule has 0 radical (unpaired) electrons. The van der Waals surface area contributed by atoms with Crippen LogP contribution in [0, 0.1) is 5.41 Å². The summed E-state index contributed by atoms with van der Waals surface area (Å²) in [6.07, 6.45) is 3.80. The predicted molar refractivity (Wildman–Crippen MR) is 70.1 cm³/mol. The summed E-state index contributed by atoms with van der Waals surface area (Å²) in [6, 6.07) is 0.322. The first kappa shape index (κ1) is 13.9. The monoisotopic (exact) mass is 227 g/mol. The first-order valence-corrected chi connectivity index (χ1v) is 6.57. The lowest BCUT2D eigenvalue weighted by Crippen LogP contribution is -2.64. The molecule has 2 atom stereocenters. The van der Waals surface area contributed by atoms with Crippen LogP contribution in [0.15, 0.2) is 0 Å². The summed E-state index contributed by atoms with van der Waals surface area (Å²) in [4.78, 5) is 2.61. The molecule has 3 heteroatoms. The van der Waals surface area contributed by atoms with Crippen molar-refractivity contribution in [2.24, 2.45) is 11.3 Å². The Hall–Kier alpha value is -0.120. The lowest BCUT2D eigenvalue weighted by Gasteiger charge is -2.49. The zero-order chi connectivity index (χ0) is 12.4. The van der Waals surface area contributed by atoms with Crippen LogP contribution in [0.5, 0.6) is 0 Å². The second-order valence-electron chi connectivity index (χ2n) is 6.37. The van der Waals surface area contributed by atoms with Crippen molar-refractivity contribution < 1.29 is 0 Å². The molecular weight excluding hydrogens is 198 g/mol. The van der Waals surface area contributed by atoms with E-state index in [0.29, 0.717) is 6.04 Å². The SMILES string of the molecule is CCC(C)(C(NN)C(C)(C)C)N1CCCC1. The molecule has 1 fully saturated rings. The third-order valence-corrected chi connectivity index (χ3v) is 4.20. The van der Waals surface area contributed by atoms with E-state index in [-0.39, 0.29) is 11.0 Å². The van der Waals surface area contributed by atoms with Crippen molar-refractivity contribution in [3.05, 3.63) is 0 Å². The smallest absolute Gasteiger partial charge is 0.0440 e. The summed E-state index contributed by atoms with van der Waals surface area (Å²) in [6.45, 7) is 13.9. The van der Waals surface area contributed by atoms with Crippen molar-refractivity contribution in [3.8, 4) is 0 Å². The maximum atomic E-state index is 5.81. The molecule has 16 heavy (non-hydrogen) atoms. The number of nitrogens with zero attached hydrogens (tertiary/aromatic N) is 1. The Bertz CT molecular complexity index is 216. The summed E-state index contributed by atoms with van der Waals surface area (Å²) in [5.74, 6) is 5.81. The molecule has 0 aromatic rings. The predicted octanol–water partition coefficient (Wildman–Crippen LogP) is 2.13. The molecular formula is C13H29N3. The highest BCUT2D eigenvalue weighted by molar-refractivity contribution is 5.01. The van der Waals surface area contributed by atoms with Crippen molar-refractivity contribution in [1.82, 2.24) is 10.3 Å². The van der Waals surface area contributed by atoms with Crippen molar-refractivity contribution in [3.63, 3.8) is 0 Å². The van der Waals surface area contributed by atoms with Crippen molar-refractivity contribution in [2.75, 3.05) is 13.1 Å². The Labute approximate surface area is 101 Å². The molecule has 1 saturated heterocycles. The van der Waals surface area contributed by atoms with E-state index in [0.717, 1.165) is 6.42 Å². The van der Waals surface area contributed by atoms with E-state index in [1.807, 2.05) is 0 Å². The lowest BCUT2D eigenvalue weighted by molar-refractivity contribution is 0.0347. The van der Waals surface area contributed by atoms with E-state index >= 15 is 0 Å². The highest BCUT2D eigenvalue weighted by Crippen LogP contribution is 2.35. The Morgan fingerprint density at radius 2 is 1.69 bits per heavy atom. The van der Waals surface area contributed by atoms with Crippen LogP contribution in [0.4, 0.5) is 0 Å². The molecule has 1 heterocycles. The van der Waals surface area contributed by atoms with Crippen LogP contribution in [-0.4, -0.2) is 29.6 Å². The fourth-order valence-electron chi connectivity index (χ4n) is 3.20. The van der Waals surface area contributed by atoms with Crippen LogP contribution in [0.3, 0.4) is 0 Å². The van der Waals surface area contributed by atoms with Gasteiger partial charge in [0.05, 0.1) is 0 Å². The van der Waals surface area contributed by atoms with Crippen LogP contribution in [-0.2, 0) is 0 Å². The van der Waals surface area contributed by atoms with Crippen LogP contribution >= 0.6 is 0 Å². The molecule has 0 spiro atoms. The molecule has 3 nitrogen and oxygen atoms in total. The summed E-state index contributed by atoms with van der Waals surface area (Å²) in [5, 5.41) is 0. The molecule has 3 N–H and O–H groups in total. The van der Waals surface area contributed by atoms with Gasteiger partial charge in [0.2, 0.25) is 0 Å². The molecule has 0 bridgehead atoms. The third-order valence-electron chi connectivity index (χ3n) is 4.20. The van der Waals surface area contributed by atoms with Gasteiger partial charge in [-0.05, 0) is 44.7 Å². The van der Waals surface area contributed by atoms with Gasteiger partial charge < -0.3 is 0 Å². The molecule has 0 saturated carbocycles. The standard InChI is InChI=1S/C13H29N3/c1-6-13(5,16-9-7-8-10-16)11(15-14)12(2,3)4/h11,15H,6-10,14H2,1-5H3. The summed E-state index contributed by atoms with van der Waals surface area (Å²) in [7, 11) is 0. The van der Waals surface area contributed by atoms with Crippen molar-refractivity contribution >= 4 is 0 Å². The minimum atomic E-state index is 0.170. The summed E-state index contributed by atoms with van der Waals surface area (Å²) < 4.78 is 0. The van der Waals surface area contributed by atoms with Crippen LogP contribution in [0.25, 0.3) is 0 Å². The number of rotatable bonds is 4. The molecule has 0 aliphatic carbocycles. The van der Waals surface area contributed by atoms with Crippen molar-refractivity contribution in [1.29, 1.82) is 0 Å². The van der Waals surface area contributed by atoms with Crippen LogP contribution in [0.1, 0.15) is 53.9 Å². The number of likely N-dealkylation sites (tertiary alicyclic amines) is 1. The van der Waals surface area contributed by atoms with Gasteiger partial charge in [-0.25, -0.2) is 0 Å². The van der Waals surface area contributed by atoms with E-state index in [1.165, 1.54) is 25.9 Å². The zero-order valence-corrected chi connectivity index (χ0v) is 11.6. The number of nitrogens with two attached hydrogens (primary N) is 1. The van der Waals surface area contributed by atoms with Gasteiger partial charge in [0.25, 0.3) is 0 Å². The van der Waals surface area contributed by atoms with Gasteiger partial charge in [0.15, 0.2) is 0 Å². The highest BCUT2D eigenvalue weighted by atomic mass is 15.3. The molecule has 0 aromatic carbocycles. The molecule has 1 aliphatic heterocycles. The molecule has 1 aliphatic rings. The fourth-order valence-corrected chi connectivity index (χ4v) is 3.20. The average Bonchev–Trinajstić information content (AvgIpc) is 2.69. The summed E-state index contributed by atoms with van der Waals surface area (Å²) in [5.41, 5.74) is 3.42. The van der Waals surface area contributed by atoms with Crippen LogP contribution < -0.4 is 11.3 Å². The van der Waals surface area contributed by atoms with Gasteiger partial charge in [0.1, 0.15) is 0 Å². The Balaban J connectivity index is 2.91. The Kier molecular flexibility index (Phi) is 4.38. The van der Waals surface area contributed by atoms with Gasteiger partial charge in [-0.3, -0.25) is 16.2 Å². The van der Waals surface area contributed by atoms with E-state index in [4.69, 9.17) is 5.84 Å². The number of hydrogen-bond acceptors (Lipinski definition) is 3. The topological polar surface area (TPSA) is 41.3 Å². The summed E-state index contributed by atoms with van der Waals surface area (Å²) >= 11 is 0. The van der Waals surface area contributed by atoms with Crippen LogP contribution in [0.2, 0.25) is 0 Å². The second kappa shape index (κ2) is 5.03. The van der Waals surface area contributed by atoms with Gasteiger partial charge in [-0.15, -0.1) is 0 Å². The second-order valence-corrected chi connectivity index (χ2v) is 6.37. The third kappa shape index (κ3) is 2.58. The lowest BCUT2D eigenvalue weighted by atomic mass is 9.73. The number of hydrogen-bond donors (Lipinski definition) is 2. The molecule has 0 aromatic heterocycles. The normalized spacial score (nSPS) is 24.4. The largest absolute Gasteiger partial charge is 0.296 e. The first-order valence-electron chi connectivity index (χ1n) is 6.57. The Morgan fingerprint density at radius 1 is 1.19 bits per heavy atom. The quantitative estimate of drug-likeness (QED) is 0.571. The highest BCUT2D eigenvalue weighted by Gasteiger charge is 2.44. The average molecular weight is 227 g/mol. The van der Waals surface area contributed by atoms with Crippen molar-refractivity contribution in [2.45, 2.75) is 65.5 Å². The molecule has 0 amide bonds. The maximum absolute atomic E-state index is 5.81.